The van der Waals surface area contributed by atoms with Gasteiger partial charge in [0.2, 0.25) is 0 Å². The van der Waals surface area contributed by atoms with Gasteiger partial charge in [0.15, 0.2) is 5.82 Å². The fraction of sp³-hybridized carbons (Fsp3) is 0.200. The molecule has 0 aliphatic heterocycles. The van der Waals surface area contributed by atoms with Crippen LogP contribution in [0.3, 0.4) is 0 Å². The molecule has 0 bridgehead atoms. The summed E-state index contributed by atoms with van der Waals surface area (Å²) in [5.41, 5.74) is 5.78. The predicted octanol–water partition coefficient (Wildman–Crippen LogP) is 2.55. The highest BCUT2D eigenvalue weighted by molar-refractivity contribution is 6.30. The van der Waals surface area contributed by atoms with Crippen LogP contribution in [-0.2, 0) is 0 Å². The maximum Gasteiger partial charge on any atom is 0.260 e. The molecule has 2 rings (SSSR count). The molecule has 6 heteroatoms. The molecule has 1 unspecified atom stereocenters. The molecule has 0 aliphatic carbocycles. The number of nitrogens with zero attached hydrogens (tertiary/aromatic N) is 2. The topological polar surface area (TPSA) is 64.9 Å². The second kappa shape index (κ2) is 4.19. The Kier molecular flexibility index (Phi) is 2.89. The molecule has 2 N–H and O–H groups in total. The van der Waals surface area contributed by atoms with Gasteiger partial charge in [-0.3, -0.25) is 0 Å². The Balaban J connectivity index is 2.42. The summed E-state index contributed by atoms with van der Waals surface area (Å²) in [4.78, 5) is 3.98. The number of nitrogens with two attached hydrogens (primary N) is 1. The van der Waals surface area contributed by atoms with Crippen LogP contribution in [0.25, 0.3) is 11.5 Å². The maximum atomic E-state index is 13.5. The van der Waals surface area contributed by atoms with Gasteiger partial charge < -0.3 is 10.3 Å². The fourth-order valence-corrected chi connectivity index (χ4v) is 1.35. The van der Waals surface area contributed by atoms with E-state index in [1.807, 2.05) is 0 Å². The molecular weight excluding hydrogens is 233 g/mol. The van der Waals surface area contributed by atoms with Gasteiger partial charge in [0.05, 0.1) is 11.6 Å². The Morgan fingerprint density at radius 2 is 2.25 bits per heavy atom. The third-order valence-electron chi connectivity index (χ3n) is 2.01. The molecule has 2 aromatic rings. The normalized spacial score (nSPS) is 12.8. The van der Waals surface area contributed by atoms with Crippen molar-refractivity contribution in [1.82, 2.24) is 10.1 Å². The van der Waals surface area contributed by atoms with Gasteiger partial charge in [-0.2, -0.15) is 4.98 Å². The first-order valence-corrected chi connectivity index (χ1v) is 5.00. The van der Waals surface area contributed by atoms with Crippen molar-refractivity contribution in [2.45, 2.75) is 13.0 Å². The highest BCUT2D eigenvalue weighted by Crippen LogP contribution is 2.24. The molecule has 16 heavy (non-hydrogen) atoms. The van der Waals surface area contributed by atoms with E-state index in [4.69, 9.17) is 21.9 Å². The average molecular weight is 242 g/mol. The highest BCUT2D eigenvalue weighted by Gasteiger charge is 2.15. The molecule has 1 aromatic heterocycles. The first kappa shape index (κ1) is 11.0. The molecule has 0 amide bonds. The number of hydrogen-bond donors (Lipinski definition) is 1. The predicted molar refractivity (Wildman–Crippen MR) is 57.3 cm³/mol. The Hall–Kier alpha value is -1.46. The lowest BCUT2D eigenvalue weighted by Crippen LogP contribution is -2.06. The van der Waals surface area contributed by atoms with E-state index in [0.717, 1.165) is 0 Å². The van der Waals surface area contributed by atoms with Crippen LogP contribution in [-0.4, -0.2) is 10.1 Å². The molecule has 4 nitrogen and oxygen atoms in total. The van der Waals surface area contributed by atoms with Crippen molar-refractivity contribution in [1.29, 1.82) is 0 Å². The minimum absolute atomic E-state index is 0.0986. The lowest BCUT2D eigenvalue weighted by atomic mass is 10.2. The fourth-order valence-electron chi connectivity index (χ4n) is 1.19. The summed E-state index contributed by atoms with van der Waals surface area (Å²) >= 11 is 5.63. The second-order valence-corrected chi connectivity index (χ2v) is 3.81. The summed E-state index contributed by atoms with van der Waals surface area (Å²) in [6.45, 7) is 1.72. The molecule has 0 aliphatic rings. The van der Waals surface area contributed by atoms with E-state index in [1.165, 1.54) is 12.1 Å². The third-order valence-corrected chi connectivity index (χ3v) is 2.25. The minimum Gasteiger partial charge on any atom is -0.334 e. The summed E-state index contributed by atoms with van der Waals surface area (Å²) in [6, 6.07) is 3.87. The molecule has 0 radical (unpaired) electrons. The van der Waals surface area contributed by atoms with Crippen LogP contribution in [0.2, 0.25) is 5.02 Å². The van der Waals surface area contributed by atoms with E-state index < -0.39 is 5.82 Å². The van der Waals surface area contributed by atoms with Crippen LogP contribution >= 0.6 is 11.6 Å². The number of benzene rings is 1. The summed E-state index contributed by atoms with van der Waals surface area (Å²) in [7, 11) is 0. The van der Waals surface area contributed by atoms with Crippen LogP contribution < -0.4 is 5.73 Å². The Morgan fingerprint density at radius 1 is 1.50 bits per heavy atom. The van der Waals surface area contributed by atoms with Crippen LogP contribution in [0.5, 0.6) is 0 Å². The second-order valence-electron chi connectivity index (χ2n) is 3.37. The van der Waals surface area contributed by atoms with E-state index in [2.05, 4.69) is 10.1 Å². The molecule has 1 aromatic carbocycles. The first-order chi connectivity index (χ1) is 7.58. The Labute approximate surface area is 96.2 Å². The lowest BCUT2D eigenvalue weighted by molar-refractivity contribution is 0.416. The molecule has 1 atom stereocenters. The van der Waals surface area contributed by atoms with E-state index in [-0.39, 0.29) is 17.5 Å². The average Bonchev–Trinajstić information content (AvgIpc) is 2.66. The van der Waals surface area contributed by atoms with E-state index in [0.29, 0.717) is 10.8 Å². The van der Waals surface area contributed by atoms with Gasteiger partial charge in [0, 0.05) is 5.02 Å². The monoisotopic (exact) mass is 241 g/mol. The zero-order valence-corrected chi connectivity index (χ0v) is 9.20. The Bertz CT molecular complexity index is 513. The summed E-state index contributed by atoms with van der Waals surface area (Å²) in [5, 5.41) is 3.96. The maximum absolute atomic E-state index is 13.5. The van der Waals surface area contributed by atoms with Crippen molar-refractivity contribution in [3.8, 4) is 11.5 Å². The molecule has 0 fully saturated rings. The third kappa shape index (κ3) is 2.05. The first-order valence-electron chi connectivity index (χ1n) is 4.62. The number of aromatic nitrogens is 2. The summed E-state index contributed by atoms with van der Waals surface area (Å²) in [6.07, 6.45) is 0. The van der Waals surface area contributed by atoms with Crippen LogP contribution in [0.1, 0.15) is 18.8 Å². The zero-order valence-electron chi connectivity index (χ0n) is 8.45. The van der Waals surface area contributed by atoms with Gasteiger partial charge in [0.1, 0.15) is 5.82 Å². The van der Waals surface area contributed by atoms with E-state index >= 15 is 0 Å². The molecule has 0 saturated carbocycles. The number of rotatable bonds is 2. The molecule has 84 valence electrons. The van der Waals surface area contributed by atoms with Crippen molar-refractivity contribution in [3.05, 3.63) is 34.9 Å². The quantitative estimate of drug-likeness (QED) is 0.878. The Morgan fingerprint density at radius 3 is 2.81 bits per heavy atom. The van der Waals surface area contributed by atoms with Crippen LogP contribution in [0, 0.1) is 5.82 Å². The largest absolute Gasteiger partial charge is 0.334 e. The minimum atomic E-state index is -0.507. The smallest absolute Gasteiger partial charge is 0.260 e. The van der Waals surface area contributed by atoms with Crippen molar-refractivity contribution in [2.24, 2.45) is 5.73 Å². The highest BCUT2D eigenvalue weighted by atomic mass is 35.5. The molecule has 0 saturated heterocycles. The van der Waals surface area contributed by atoms with Gasteiger partial charge in [-0.05, 0) is 25.1 Å². The van der Waals surface area contributed by atoms with Crippen molar-refractivity contribution in [3.63, 3.8) is 0 Å². The summed E-state index contributed by atoms with van der Waals surface area (Å²) in [5.74, 6) is -0.0711. The van der Waals surface area contributed by atoms with Gasteiger partial charge in [-0.1, -0.05) is 16.8 Å². The molecule has 1 heterocycles. The molecular formula is C10H9ClFN3O. The summed E-state index contributed by atoms with van der Waals surface area (Å²) < 4.78 is 18.4. The van der Waals surface area contributed by atoms with Crippen LogP contribution in [0.15, 0.2) is 22.7 Å². The standard InChI is InChI=1S/C10H9ClFN3O/c1-5(13)9-14-10(16-15-9)7-3-2-6(11)4-8(7)12/h2-5H,13H2,1H3. The van der Waals surface area contributed by atoms with Gasteiger partial charge in [0.25, 0.3) is 5.89 Å². The number of halogens is 2. The van der Waals surface area contributed by atoms with Gasteiger partial charge >= 0.3 is 0 Å². The van der Waals surface area contributed by atoms with E-state index in [1.54, 1.807) is 13.0 Å². The van der Waals surface area contributed by atoms with Crippen molar-refractivity contribution >= 4 is 11.6 Å². The van der Waals surface area contributed by atoms with Crippen molar-refractivity contribution in [2.75, 3.05) is 0 Å². The van der Waals surface area contributed by atoms with E-state index in [9.17, 15) is 4.39 Å². The van der Waals surface area contributed by atoms with Crippen LogP contribution in [0.4, 0.5) is 4.39 Å². The lowest BCUT2D eigenvalue weighted by Gasteiger charge is -1.97. The van der Waals surface area contributed by atoms with Crippen molar-refractivity contribution < 1.29 is 8.91 Å². The molecule has 0 spiro atoms. The van der Waals surface area contributed by atoms with Gasteiger partial charge in [-0.15, -0.1) is 0 Å². The number of hydrogen-bond acceptors (Lipinski definition) is 4. The van der Waals surface area contributed by atoms with Gasteiger partial charge in [-0.25, -0.2) is 4.39 Å². The SMILES string of the molecule is CC(N)c1noc(-c2ccc(Cl)cc2F)n1. The zero-order chi connectivity index (χ0) is 11.7.